The number of para-hydroxylation sites is 2. The zero-order chi connectivity index (χ0) is 23.6. The lowest BCUT2D eigenvalue weighted by Crippen LogP contribution is -2.49. The number of piperazine rings is 1. The molecule has 1 saturated heterocycles. The van der Waals surface area contributed by atoms with E-state index in [1.165, 1.54) is 4.90 Å². The van der Waals surface area contributed by atoms with Gasteiger partial charge in [0.1, 0.15) is 5.75 Å². The fourth-order valence-electron chi connectivity index (χ4n) is 3.98. The van der Waals surface area contributed by atoms with Gasteiger partial charge in [-0.05, 0) is 38.1 Å². The number of hydrogen-bond donors (Lipinski definition) is 0. The van der Waals surface area contributed by atoms with E-state index in [1.807, 2.05) is 38.1 Å². The number of carbonyl (C=O) groups excluding carboxylic acids is 1. The van der Waals surface area contributed by atoms with E-state index in [2.05, 4.69) is 10.00 Å². The third-order valence-corrected chi connectivity index (χ3v) is 5.62. The molecule has 0 saturated carbocycles. The van der Waals surface area contributed by atoms with E-state index >= 15 is 0 Å². The number of aryl methyl sites for hydroxylation is 1. The minimum Gasteiger partial charge on any atom is -0.492 e. The molecule has 33 heavy (non-hydrogen) atoms. The molecule has 1 fully saturated rings. The second-order valence-corrected chi connectivity index (χ2v) is 7.83. The molecule has 0 unspecified atom stereocenters. The van der Waals surface area contributed by atoms with Crippen molar-refractivity contribution in [1.82, 2.24) is 14.7 Å². The zero-order valence-corrected chi connectivity index (χ0v) is 18.5. The summed E-state index contributed by atoms with van der Waals surface area (Å²) in [5.74, 6) is 0.0805. The molecule has 1 aromatic heterocycles. The number of ether oxygens (including phenoxy) is 1. The number of carbonyl (C=O) groups is 1. The third kappa shape index (κ3) is 4.67. The number of amides is 1. The molecular weight excluding hydrogens is 433 g/mol. The van der Waals surface area contributed by atoms with Gasteiger partial charge in [0.15, 0.2) is 5.69 Å². The highest BCUT2D eigenvalue weighted by Crippen LogP contribution is 2.35. The van der Waals surface area contributed by atoms with Crippen LogP contribution in [0.1, 0.15) is 28.5 Å². The maximum absolute atomic E-state index is 14.0. The summed E-state index contributed by atoms with van der Waals surface area (Å²) < 4.78 is 48.4. The Morgan fingerprint density at radius 2 is 1.70 bits per heavy atom. The molecule has 0 aliphatic carbocycles. The van der Waals surface area contributed by atoms with Crippen molar-refractivity contribution in [1.29, 1.82) is 0 Å². The monoisotopic (exact) mass is 458 g/mol. The highest BCUT2D eigenvalue weighted by atomic mass is 19.4. The van der Waals surface area contributed by atoms with Crippen LogP contribution in [-0.4, -0.2) is 53.4 Å². The van der Waals surface area contributed by atoms with Crippen LogP contribution in [0.5, 0.6) is 5.75 Å². The van der Waals surface area contributed by atoms with Crippen molar-refractivity contribution >= 4 is 11.6 Å². The Morgan fingerprint density at radius 1 is 1.03 bits per heavy atom. The van der Waals surface area contributed by atoms with Crippen LogP contribution in [0.15, 0.2) is 54.7 Å². The lowest BCUT2D eigenvalue weighted by Gasteiger charge is -2.36. The Balaban J connectivity index is 1.55. The van der Waals surface area contributed by atoms with Gasteiger partial charge in [0.2, 0.25) is 0 Å². The van der Waals surface area contributed by atoms with Gasteiger partial charge in [-0.3, -0.25) is 4.79 Å². The molecule has 0 bridgehead atoms. The molecule has 4 rings (SSSR count). The standard InChI is InChI=1S/C24H25F3N4O2/c1-3-33-21-7-5-4-6-20(21)29-12-14-30(15-13-29)23(32)19-16-28-31(22(19)24(25,26)27)18-10-8-17(2)9-11-18/h4-11,16H,3,12-15H2,1-2H3. The van der Waals surface area contributed by atoms with Gasteiger partial charge in [-0.2, -0.15) is 18.3 Å². The number of hydrogen-bond acceptors (Lipinski definition) is 4. The van der Waals surface area contributed by atoms with E-state index in [-0.39, 0.29) is 5.69 Å². The van der Waals surface area contributed by atoms with E-state index in [0.717, 1.165) is 27.9 Å². The lowest BCUT2D eigenvalue weighted by molar-refractivity contribution is -0.143. The molecule has 0 atom stereocenters. The second kappa shape index (κ2) is 9.17. The van der Waals surface area contributed by atoms with Crippen LogP contribution in [0.4, 0.5) is 18.9 Å². The number of anilines is 1. The predicted octanol–water partition coefficient (Wildman–Crippen LogP) is 4.56. The van der Waals surface area contributed by atoms with Crippen LogP contribution in [0.25, 0.3) is 5.69 Å². The first-order valence-electron chi connectivity index (χ1n) is 10.8. The van der Waals surface area contributed by atoms with E-state index in [4.69, 9.17) is 4.74 Å². The maximum atomic E-state index is 14.0. The van der Waals surface area contributed by atoms with Crippen molar-refractivity contribution in [2.75, 3.05) is 37.7 Å². The molecule has 1 aliphatic heterocycles. The summed E-state index contributed by atoms with van der Waals surface area (Å²) in [5.41, 5.74) is 0.588. The summed E-state index contributed by atoms with van der Waals surface area (Å²) in [6.07, 6.45) is -3.72. The molecule has 0 radical (unpaired) electrons. The van der Waals surface area contributed by atoms with Crippen LogP contribution < -0.4 is 9.64 Å². The average molecular weight is 458 g/mol. The van der Waals surface area contributed by atoms with Gasteiger partial charge in [-0.15, -0.1) is 0 Å². The average Bonchev–Trinajstić information content (AvgIpc) is 3.26. The van der Waals surface area contributed by atoms with Crippen LogP contribution in [0.2, 0.25) is 0 Å². The van der Waals surface area contributed by atoms with E-state index in [9.17, 15) is 18.0 Å². The van der Waals surface area contributed by atoms with Gasteiger partial charge >= 0.3 is 6.18 Å². The molecular formula is C24H25F3N4O2. The van der Waals surface area contributed by atoms with Gasteiger partial charge in [0.05, 0.1) is 29.7 Å². The summed E-state index contributed by atoms with van der Waals surface area (Å²) in [5, 5.41) is 3.92. The molecule has 0 N–H and O–H groups in total. The van der Waals surface area contributed by atoms with E-state index < -0.39 is 23.3 Å². The summed E-state index contributed by atoms with van der Waals surface area (Å²) in [4.78, 5) is 16.6. The van der Waals surface area contributed by atoms with Crippen molar-refractivity contribution in [3.8, 4) is 11.4 Å². The molecule has 0 spiro atoms. The van der Waals surface area contributed by atoms with E-state index in [1.54, 1.807) is 24.3 Å². The molecule has 9 heteroatoms. The Morgan fingerprint density at radius 3 is 2.33 bits per heavy atom. The topological polar surface area (TPSA) is 50.6 Å². The largest absolute Gasteiger partial charge is 0.492 e. The molecule has 3 aromatic rings. The van der Waals surface area contributed by atoms with Crippen molar-refractivity contribution in [2.45, 2.75) is 20.0 Å². The molecule has 174 valence electrons. The zero-order valence-electron chi connectivity index (χ0n) is 18.5. The Kier molecular flexibility index (Phi) is 6.31. The molecule has 2 heterocycles. The minimum absolute atomic E-state index is 0.254. The van der Waals surface area contributed by atoms with Crippen molar-refractivity contribution in [2.24, 2.45) is 0 Å². The SMILES string of the molecule is CCOc1ccccc1N1CCN(C(=O)c2cnn(-c3ccc(C)cc3)c2C(F)(F)F)CC1. The number of nitrogens with zero attached hydrogens (tertiary/aromatic N) is 4. The van der Waals surface area contributed by atoms with Crippen LogP contribution in [0, 0.1) is 6.92 Å². The van der Waals surface area contributed by atoms with Crippen LogP contribution in [-0.2, 0) is 6.18 Å². The number of halogens is 3. The highest BCUT2D eigenvalue weighted by molar-refractivity contribution is 5.95. The number of benzene rings is 2. The number of aromatic nitrogens is 2. The fraction of sp³-hybridized carbons (Fsp3) is 0.333. The van der Waals surface area contributed by atoms with Crippen LogP contribution >= 0.6 is 0 Å². The quantitative estimate of drug-likeness (QED) is 0.563. The summed E-state index contributed by atoms with van der Waals surface area (Å²) in [6.45, 7) is 5.85. The first-order chi connectivity index (χ1) is 15.8. The van der Waals surface area contributed by atoms with Crippen molar-refractivity contribution < 1.29 is 22.7 Å². The Labute approximate surface area is 190 Å². The van der Waals surface area contributed by atoms with Gasteiger partial charge in [0.25, 0.3) is 5.91 Å². The van der Waals surface area contributed by atoms with Gasteiger partial charge in [-0.25, -0.2) is 4.68 Å². The third-order valence-electron chi connectivity index (χ3n) is 5.62. The number of alkyl halides is 3. The van der Waals surface area contributed by atoms with Crippen molar-refractivity contribution in [3.63, 3.8) is 0 Å². The molecule has 2 aromatic carbocycles. The normalized spacial score (nSPS) is 14.5. The highest BCUT2D eigenvalue weighted by Gasteiger charge is 2.41. The first-order valence-corrected chi connectivity index (χ1v) is 10.8. The number of rotatable bonds is 5. The van der Waals surface area contributed by atoms with E-state index in [0.29, 0.717) is 32.8 Å². The van der Waals surface area contributed by atoms with Crippen LogP contribution in [0.3, 0.4) is 0 Å². The van der Waals surface area contributed by atoms with Gasteiger partial charge in [-0.1, -0.05) is 29.8 Å². The summed E-state index contributed by atoms with van der Waals surface area (Å²) in [6, 6.07) is 14.1. The fourth-order valence-corrected chi connectivity index (χ4v) is 3.98. The molecule has 6 nitrogen and oxygen atoms in total. The lowest BCUT2D eigenvalue weighted by atomic mass is 10.1. The van der Waals surface area contributed by atoms with Gasteiger partial charge < -0.3 is 14.5 Å². The smallest absolute Gasteiger partial charge is 0.434 e. The first kappa shape index (κ1) is 22.7. The Hall–Kier alpha value is -3.49. The van der Waals surface area contributed by atoms with Crippen molar-refractivity contribution in [3.05, 3.63) is 71.5 Å². The molecule has 1 aliphatic rings. The summed E-state index contributed by atoms with van der Waals surface area (Å²) in [7, 11) is 0. The predicted molar refractivity (Wildman–Crippen MR) is 119 cm³/mol. The molecule has 1 amide bonds. The maximum Gasteiger partial charge on any atom is 0.434 e. The van der Waals surface area contributed by atoms with Gasteiger partial charge in [0, 0.05) is 26.2 Å². The summed E-state index contributed by atoms with van der Waals surface area (Å²) >= 11 is 0. The minimum atomic E-state index is -4.73. The second-order valence-electron chi connectivity index (χ2n) is 7.83. The Bertz CT molecular complexity index is 1120.